The quantitative estimate of drug-likeness (QED) is 0.870. The van der Waals surface area contributed by atoms with Crippen LogP contribution in [0.2, 0.25) is 5.02 Å². The summed E-state index contributed by atoms with van der Waals surface area (Å²) < 4.78 is 0. The summed E-state index contributed by atoms with van der Waals surface area (Å²) in [4.78, 5) is 2.29. The number of nitrogens with two attached hydrogens (primary N) is 1. The lowest BCUT2D eigenvalue weighted by Gasteiger charge is -2.10. The van der Waals surface area contributed by atoms with E-state index in [-0.39, 0.29) is 6.04 Å². The Morgan fingerprint density at radius 1 is 1.11 bits per heavy atom. The van der Waals surface area contributed by atoms with Crippen LogP contribution >= 0.6 is 23.4 Å². The lowest BCUT2D eigenvalue weighted by Crippen LogP contribution is -2.04. The summed E-state index contributed by atoms with van der Waals surface area (Å²) in [7, 11) is 0. The van der Waals surface area contributed by atoms with Gasteiger partial charge in [0.1, 0.15) is 0 Å². The molecule has 0 unspecified atom stereocenters. The van der Waals surface area contributed by atoms with Gasteiger partial charge >= 0.3 is 0 Å². The van der Waals surface area contributed by atoms with Gasteiger partial charge in [-0.2, -0.15) is 0 Å². The van der Waals surface area contributed by atoms with Gasteiger partial charge in [-0.1, -0.05) is 47.6 Å². The van der Waals surface area contributed by atoms with E-state index >= 15 is 0 Å². The molecule has 0 aliphatic carbocycles. The van der Waals surface area contributed by atoms with Crippen LogP contribution in [0, 0.1) is 6.92 Å². The second kappa shape index (κ2) is 5.79. The van der Waals surface area contributed by atoms with E-state index in [0.29, 0.717) is 0 Å². The van der Waals surface area contributed by atoms with Gasteiger partial charge in [0.25, 0.3) is 0 Å². The first kappa shape index (κ1) is 13.5. The number of rotatable bonds is 3. The second-order valence-corrected chi connectivity index (χ2v) is 5.84. The summed E-state index contributed by atoms with van der Waals surface area (Å²) in [6.45, 7) is 4.06. The Morgan fingerprint density at radius 3 is 2.44 bits per heavy atom. The fraction of sp³-hybridized carbons (Fsp3) is 0.200. The lowest BCUT2D eigenvalue weighted by atomic mass is 10.1. The van der Waals surface area contributed by atoms with Gasteiger partial charge in [-0.15, -0.1) is 0 Å². The average Bonchev–Trinajstić information content (AvgIpc) is 2.34. The van der Waals surface area contributed by atoms with Crippen molar-refractivity contribution in [3.05, 3.63) is 58.6 Å². The normalized spacial score (nSPS) is 12.4. The number of hydrogen-bond acceptors (Lipinski definition) is 2. The molecular formula is C15H16ClNS. The van der Waals surface area contributed by atoms with Gasteiger partial charge in [-0.25, -0.2) is 0 Å². The Bertz CT molecular complexity index is 552. The van der Waals surface area contributed by atoms with E-state index < -0.39 is 0 Å². The summed E-state index contributed by atoms with van der Waals surface area (Å²) >= 11 is 7.99. The van der Waals surface area contributed by atoms with Gasteiger partial charge in [0.15, 0.2) is 0 Å². The molecule has 2 aromatic carbocycles. The number of hydrogen-bond donors (Lipinski definition) is 1. The van der Waals surface area contributed by atoms with E-state index in [1.807, 2.05) is 37.3 Å². The van der Waals surface area contributed by atoms with Gasteiger partial charge in [-0.3, -0.25) is 0 Å². The van der Waals surface area contributed by atoms with Gasteiger partial charge in [0.05, 0.1) is 5.02 Å². The zero-order chi connectivity index (χ0) is 13.1. The highest BCUT2D eigenvalue weighted by molar-refractivity contribution is 7.99. The molecule has 0 heterocycles. The molecule has 2 aromatic rings. The molecule has 1 atom stereocenters. The van der Waals surface area contributed by atoms with Crippen LogP contribution in [0.25, 0.3) is 0 Å². The van der Waals surface area contributed by atoms with Crippen molar-refractivity contribution < 1.29 is 0 Å². The van der Waals surface area contributed by atoms with E-state index in [2.05, 4.69) is 19.1 Å². The minimum Gasteiger partial charge on any atom is -0.324 e. The van der Waals surface area contributed by atoms with E-state index in [9.17, 15) is 0 Å². The van der Waals surface area contributed by atoms with Gasteiger partial charge in [0.2, 0.25) is 0 Å². The van der Waals surface area contributed by atoms with Crippen LogP contribution < -0.4 is 5.73 Å². The third kappa shape index (κ3) is 3.08. The fourth-order valence-electron chi connectivity index (χ4n) is 1.67. The molecule has 1 nitrogen and oxygen atoms in total. The SMILES string of the molecule is Cc1ccccc1Sc1ccc([C@@H](C)N)cc1Cl. The molecule has 0 bridgehead atoms. The van der Waals surface area contributed by atoms with Crippen LogP contribution in [0.5, 0.6) is 0 Å². The molecule has 0 aliphatic heterocycles. The molecule has 0 fully saturated rings. The van der Waals surface area contributed by atoms with Crippen molar-refractivity contribution in [3.8, 4) is 0 Å². The van der Waals surface area contributed by atoms with Gasteiger partial charge in [0, 0.05) is 15.8 Å². The predicted molar refractivity (Wildman–Crippen MR) is 79.4 cm³/mol. The average molecular weight is 278 g/mol. The van der Waals surface area contributed by atoms with Crippen molar-refractivity contribution >= 4 is 23.4 Å². The summed E-state index contributed by atoms with van der Waals surface area (Å²) in [5.74, 6) is 0. The van der Waals surface area contributed by atoms with E-state index in [0.717, 1.165) is 15.5 Å². The van der Waals surface area contributed by atoms with E-state index in [4.69, 9.17) is 17.3 Å². The first-order chi connectivity index (χ1) is 8.58. The molecule has 2 rings (SSSR count). The van der Waals surface area contributed by atoms with Crippen molar-refractivity contribution in [1.29, 1.82) is 0 Å². The predicted octanol–water partition coefficient (Wildman–Crippen LogP) is 4.82. The molecule has 18 heavy (non-hydrogen) atoms. The molecule has 94 valence electrons. The van der Waals surface area contributed by atoms with Crippen LogP contribution in [0.3, 0.4) is 0 Å². The standard InChI is InChI=1S/C15H16ClNS/c1-10-5-3-4-6-14(10)18-15-8-7-12(11(2)17)9-13(15)16/h3-9,11H,17H2,1-2H3/t11-/m1/s1. The second-order valence-electron chi connectivity index (χ2n) is 4.35. The summed E-state index contributed by atoms with van der Waals surface area (Å²) in [5, 5.41) is 0.762. The third-order valence-corrected chi connectivity index (χ3v) is 4.47. The van der Waals surface area contributed by atoms with Crippen LogP contribution in [-0.4, -0.2) is 0 Å². The maximum atomic E-state index is 6.30. The van der Waals surface area contributed by atoms with Gasteiger partial charge < -0.3 is 5.73 Å². The monoisotopic (exact) mass is 277 g/mol. The highest BCUT2D eigenvalue weighted by Gasteiger charge is 2.07. The third-order valence-electron chi connectivity index (χ3n) is 2.80. The van der Waals surface area contributed by atoms with Crippen molar-refractivity contribution in [3.63, 3.8) is 0 Å². The van der Waals surface area contributed by atoms with E-state index in [1.54, 1.807) is 11.8 Å². The van der Waals surface area contributed by atoms with Crippen molar-refractivity contribution in [1.82, 2.24) is 0 Å². The Balaban J connectivity index is 2.28. The molecule has 2 N–H and O–H groups in total. The minimum atomic E-state index is 0.0139. The van der Waals surface area contributed by atoms with Crippen molar-refractivity contribution in [2.24, 2.45) is 5.73 Å². The van der Waals surface area contributed by atoms with Crippen LogP contribution in [0.15, 0.2) is 52.3 Å². The molecule has 0 aliphatic rings. The van der Waals surface area contributed by atoms with Crippen LogP contribution in [0.4, 0.5) is 0 Å². The van der Waals surface area contributed by atoms with Gasteiger partial charge in [-0.05, 0) is 43.2 Å². The lowest BCUT2D eigenvalue weighted by molar-refractivity contribution is 0.817. The molecule has 0 aromatic heterocycles. The molecule has 0 amide bonds. The molecule has 0 saturated carbocycles. The Labute approximate surface area is 117 Å². The summed E-state index contributed by atoms with van der Waals surface area (Å²) in [5.41, 5.74) is 8.17. The zero-order valence-electron chi connectivity index (χ0n) is 10.5. The summed E-state index contributed by atoms with van der Waals surface area (Å²) in [6.07, 6.45) is 0. The van der Waals surface area contributed by atoms with Crippen molar-refractivity contribution in [2.75, 3.05) is 0 Å². The first-order valence-corrected chi connectivity index (χ1v) is 7.06. The van der Waals surface area contributed by atoms with Crippen LogP contribution in [0.1, 0.15) is 24.1 Å². The number of halogens is 1. The molecule has 0 radical (unpaired) electrons. The van der Waals surface area contributed by atoms with Crippen LogP contribution in [-0.2, 0) is 0 Å². The number of aryl methyl sites for hydroxylation is 1. The smallest absolute Gasteiger partial charge is 0.0548 e. The highest BCUT2D eigenvalue weighted by Crippen LogP contribution is 2.35. The number of benzene rings is 2. The Kier molecular flexibility index (Phi) is 4.33. The van der Waals surface area contributed by atoms with E-state index in [1.165, 1.54) is 10.5 Å². The maximum Gasteiger partial charge on any atom is 0.0548 e. The van der Waals surface area contributed by atoms with Crippen molar-refractivity contribution in [2.45, 2.75) is 29.7 Å². The topological polar surface area (TPSA) is 26.0 Å². The molecule has 0 spiro atoms. The largest absolute Gasteiger partial charge is 0.324 e. The zero-order valence-corrected chi connectivity index (χ0v) is 12.1. The Morgan fingerprint density at radius 2 is 1.83 bits per heavy atom. The molecule has 0 saturated heterocycles. The maximum absolute atomic E-state index is 6.30. The highest BCUT2D eigenvalue weighted by atomic mass is 35.5. The minimum absolute atomic E-state index is 0.0139. The molecular weight excluding hydrogens is 262 g/mol. The Hall–Kier alpha value is -0.960. The summed E-state index contributed by atoms with van der Waals surface area (Å²) in [6, 6.07) is 14.3. The molecule has 3 heteroatoms. The fourth-order valence-corrected chi connectivity index (χ4v) is 2.88. The first-order valence-electron chi connectivity index (χ1n) is 5.86.